The van der Waals surface area contributed by atoms with Gasteiger partial charge in [0.25, 0.3) is 0 Å². The van der Waals surface area contributed by atoms with Gasteiger partial charge in [-0.3, -0.25) is 9.59 Å². The van der Waals surface area contributed by atoms with Crippen molar-refractivity contribution in [1.29, 1.82) is 0 Å². The molecular formula is C65H125NO5. The normalized spacial score (nSPS) is 12.7. The molecule has 0 aliphatic carbocycles. The molecule has 0 bridgehead atoms. The van der Waals surface area contributed by atoms with Gasteiger partial charge in [0.05, 0.1) is 25.4 Å². The number of carbonyl (C=O) groups excluding carboxylic acids is 2. The number of aliphatic hydroxyl groups excluding tert-OH is 2. The summed E-state index contributed by atoms with van der Waals surface area (Å²) < 4.78 is 5.46. The predicted molar refractivity (Wildman–Crippen MR) is 310 cm³/mol. The molecule has 0 saturated heterocycles. The van der Waals surface area contributed by atoms with Crippen LogP contribution in [0.25, 0.3) is 0 Å². The van der Waals surface area contributed by atoms with E-state index in [1.165, 1.54) is 250 Å². The van der Waals surface area contributed by atoms with Crippen molar-refractivity contribution in [2.45, 2.75) is 366 Å². The summed E-state index contributed by atoms with van der Waals surface area (Å²) in [7, 11) is 0. The highest BCUT2D eigenvalue weighted by atomic mass is 16.5. The van der Waals surface area contributed by atoms with Gasteiger partial charge in [-0.25, -0.2) is 0 Å². The fraction of sp³-hybridized carbons (Fsp3) is 0.908. The molecule has 0 radical (unpaired) electrons. The number of allylic oxidation sites excluding steroid dienone is 4. The minimum Gasteiger partial charge on any atom is -0.466 e. The van der Waals surface area contributed by atoms with E-state index in [1.807, 2.05) is 0 Å². The summed E-state index contributed by atoms with van der Waals surface area (Å²) in [5.41, 5.74) is 0. The number of aliphatic hydroxyl groups is 2. The predicted octanol–water partition coefficient (Wildman–Crippen LogP) is 20.2. The Balaban J connectivity index is 3.46. The zero-order valence-corrected chi connectivity index (χ0v) is 48.0. The van der Waals surface area contributed by atoms with Crippen LogP contribution in [0.2, 0.25) is 0 Å². The first-order chi connectivity index (χ1) is 35.0. The molecule has 0 aliphatic heterocycles. The number of carbonyl (C=O) groups is 2. The summed E-state index contributed by atoms with van der Waals surface area (Å²) in [6, 6.07) is -0.550. The van der Waals surface area contributed by atoms with E-state index in [2.05, 4.69) is 43.5 Å². The Morgan fingerprint density at radius 3 is 1.04 bits per heavy atom. The number of rotatable bonds is 60. The van der Waals surface area contributed by atoms with Crippen molar-refractivity contribution in [3.05, 3.63) is 24.3 Å². The number of hydrogen-bond donors (Lipinski definition) is 3. The van der Waals surface area contributed by atoms with E-state index in [1.54, 1.807) is 0 Å². The fourth-order valence-corrected chi connectivity index (χ4v) is 10.1. The van der Waals surface area contributed by atoms with Crippen molar-refractivity contribution in [2.24, 2.45) is 0 Å². The van der Waals surface area contributed by atoms with Crippen LogP contribution in [-0.2, 0) is 14.3 Å². The van der Waals surface area contributed by atoms with Crippen LogP contribution in [0.3, 0.4) is 0 Å². The summed E-state index contributed by atoms with van der Waals surface area (Å²) in [5, 5.41) is 23.4. The Hall–Kier alpha value is -1.66. The average Bonchev–Trinajstić information content (AvgIpc) is 3.37. The van der Waals surface area contributed by atoms with Crippen LogP contribution in [0.4, 0.5) is 0 Å². The highest BCUT2D eigenvalue weighted by molar-refractivity contribution is 5.76. The van der Waals surface area contributed by atoms with Gasteiger partial charge in [-0.05, 0) is 57.8 Å². The molecule has 6 nitrogen and oxygen atoms in total. The molecule has 0 aliphatic rings. The van der Waals surface area contributed by atoms with Crippen LogP contribution in [0.15, 0.2) is 24.3 Å². The Morgan fingerprint density at radius 2 is 0.690 bits per heavy atom. The molecule has 3 N–H and O–H groups in total. The number of unbranched alkanes of at least 4 members (excludes halogenated alkanes) is 46. The van der Waals surface area contributed by atoms with Gasteiger partial charge < -0.3 is 20.3 Å². The molecule has 6 heteroatoms. The Kier molecular flexibility index (Phi) is 59.5. The SMILES string of the molecule is CCCCCCCCCCCCCCCCCCCCCCCC(O)C(CO)NC(=O)CCCCCCCCCCCC/C=C\C=C/CCCCCOC(=O)CCCCCCCCCCCCCCCC. The molecule has 2 atom stereocenters. The zero-order chi connectivity index (χ0) is 51.4. The molecule has 0 aromatic heterocycles. The second kappa shape index (κ2) is 60.9. The smallest absolute Gasteiger partial charge is 0.305 e. The van der Waals surface area contributed by atoms with Gasteiger partial charge in [0.1, 0.15) is 0 Å². The van der Waals surface area contributed by atoms with E-state index >= 15 is 0 Å². The molecule has 0 heterocycles. The first-order valence-corrected chi connectivity index (χ1v) is 32.1. The van der Waals surface area contributed by atoms with Crippen molar-refractivity contribution < 1.29 is 24.5 Å². The first-order valence-electron chi connectivity index (χ1n) is 32.1. The zero-order valence-electron chi connectivity index (χ0n) is 48.0. The second-order valence-electron chi connectivity index (χ2n) is 22.1. The second-order valence-corrected chi connectivity index (χ2v) is 22.1. The van der Waals surface area contributed by atoms with Gasteiger partial charge >= 0.3 is 5.97 Å². The van der Waals surface area contributed by atoms with Crippen molar-refractivity contribution in [3.8, 4) is 0 Å². The topological polar surface area (TPSA) is 95.9 Å². The minimum absolute atomic E-state index is 0.0103. The van der Waals surface area contributed by atoms with Gasteiger partial charge in [-0.1, -0.05) is 308 Å². The molecule has 2 unspecified atom stereocenters. The van der Waals surface area contributed by atoms with E-state index in [0.29, 0.717) is 25.9 Å². The number of nitrogens with one attached hydrogen (secondary N) is 1. The number of amides is 1. The standard InChI is InChI=1S/C65H125NO5/c1-3-5-7-9-11-13-15-17-19-20-21-22-24-27-30-33-37-41-45-49-53-57-63(68)62(61-67)66-64(69)58-54-50-46-42-38-34-31-28-25-23-26-29-32-36-40-44-48-52-56-60-71-65(70)59-55-51-47-43-39-35-18-16-14-12-10-8-6-4-2/h29,32,36,40,62-63,67-68H,3-28,30-31,33-35,37-39,41-61H2,1-2H3,(H,66,69)/b32-29-,40-36-. The lowest BCUT2D eigenvalue weighted by Gasteiger charge is -2.22. The lowest BCUT2D eigenvalue weighted by molar-refractivity contribution is -0.143. The summed E-state index contributed by atoms with van der Waals surface area (Å²) in [5.74, 6) is -0.0516. The maximum absolute atomic E-state index is 12.5. The number of esters is 1. The van der Waals surface area contributed by atoms with E-state index in [-0.39, 0.29) is 18.5 Å². The van der Waals surface area contributed by atoms with E-state index in [9.17, 15) is 19.8 Å². The Bertz CT molecular complexity index is 1110. The molecule has 0 fully saturated rings. The summed E-state index contributed by atoms with van der Waals surface area (Å²) in [6.07, 6.45) is 74.8. The van der Waals surface area contributed by atoms with Crippen molar-refractivity contribution in [3.63, 3.8) is 0 Å². The van der Waals surface area contributed by atoms with Crippen LogP contribution in [0.5, 0.6) is 0 Å². The fourth-order valence-electron chi connectivity index (χ4n) is 10.1. The lowest BCUT2D eigenvalue weighted by atomic mass is 10.0. The van der Waals surface area contributed by atoms with Crippen molar-refractivity contribution in [2.75, 3.05) is 13.2 Å². The third-order valence-electron chi connectivity index (χ3n) is 15.0. The molecule has 0 rings (SSSR count). The molecule has 0 aromatic carbocycles. The monoisotopic (exact) mass is 1000 g/mol. The first kappa shape index (κ1) is 69.3. The van der Waals surface area contributed by atoms with Gasteiger partial charge in [0.2, 0.25) is 5.91 Å². The van der Waals surface area contributed by atoms with Crippen molar-refractivity contribution >= 4 is 11.9 Å². The lowest BCUT2D eigenvalue weighted by Crippen LogP contribution is -2.45. The highest BCUT2D eigenvalue weighted by Gasteiger charge is 2.20. The highest BCUT2D eigenvalue weighted by Crippen LogP contribution is 2.18. The third kappa shape index (κ3) is 57.5. The van der Waals surface area contributed by atoms with Gasteiger partial charge in [0, 0.05) is 12.8 Å². The quantitative estimate of drug-likeness (QED) is 0.0320. The maximum Gasteiger partial charge on any atom is 0.305 e. The third-order valence-corrected chi connectivity index (χ3v) is 15.0. The number of ether oxygens (including phenoxy) is 1. The Labute approximate surface area is 443 Å². The maximum atomic E-state index is 12.5. The average molecular weight is 1000 g/mol. The molecule has 1 amide bonds. The molecule has 0 aromatic rings. The van der Waals surface area contributed by atoms with Crippen LogP contribution in [-0.4, -0.2) is 47.4 Å². The van der Waals surface area contributed by atoms with E-state index < -0.39 is 12.1 Å². The largest absolute Gasteiger partial charge is 0.466 e. The van der Waals surface area contributed by atoms with Gasteiger partial charge in [0.15, 0.2) is 0 Å². The Morgan fingerprint density at radius 1 is 0.394 bits per heavy atom. The van der Waals surface area contributed by atoms with Crippen LogP contribution >= 0.6 is 0 Å². The minimum atomic E-state index is -0.672. The summed E-state index contributed by atoms with van der Waals surface area (Å²) in [4.78, 5) is 24.6. The molecule has 420 valence electrons. The van der Waals surface area contributed by atoms with Crippen LogP contribution in [0.1, 0.15) is 354 Å². The van der Waals surface area contributed by atoms with Crippen molar-refractivity contribution in [1.82, 2.24) is 5.32 Å². The molecule has 0 saturated carbocycles. The van der Waals surface area contributed by atoms with E-state index in [4.69, 9.17) is 4.74 Å². The molecule has 0 spiro atoms. The van der Waals surface area contributed by atoms with Crippen LogP contribution in [0, 0.1) is 0 Å². The summed E-state index contributed by atoms with van der Waals surface area (Å²) >= 11 is 0. The molecule has 71 heavy (non-hydrogen) atoms. The number of hydrogen-bond acceptors (Lipinski definition) is 5. The van der Waals surface area contributed by atoms with E-state index in [0.717, 1.165) is 70.6 Å². The van der Waals surface area contributed by atoms with Gasteiger partial charge in [-0.2, -0.15) is 0 Å². The van der Waals surface area contributed by atoms with Gasteiger partial charge in [-0.15, -0.1) is 0 Å². The molecular weight excluding hydrogens is 875 g/mol. The summed E-state index contributed by atoms with van der Waals surface area (Å²) in [6.45, 7) is 4.94. The van der Waals surface area contributed by atoms with Crippen LogP contribution < -0.4 is 5.32 Å².